The molecular formula is C10H18N2O. The van der Waals surface area contributed by atoms with Crippen molar-refractivity contribution in [3.05, 3.63) is 0 Å². The van der Waals surface area contributed by atoms with Gasteiger partial charge in [0.15, 0.2) is 0 Å². The van der Waals surface area contributed by atoms with Gasteiger partial charge < -0.3 is 5.11 Å². The van der Waals surface area contributed by atoms with Gasteiger partial charge in [0.05, 0.1) is 12.7 Å². The largest absolute Gasteiger partial charge is 0.395 e. The molecule has 3 nitrogen and oxygen atoms in total. The molecule has 0 radical (unpaired) electrons. The Morgan fingerprint density at radius 3 is 2.62 bits per heavy atom. The first-order chi connectivity index (χ1) is 6.27. The van der Waals surface area contributed by atoms with E-state index in [0.29, 0.717) is 12.3 Å². The third-order valence-electron chi connectivity index (χ3n) is 2.92. The summed E-state index contributed by atoms with van der Waals surface area (Å²) in [4.78, 5) is 2.30. The van der Waals surface area contributed by atoms with Crippen LogP contribution in [-0.4, -0.2) is 35.7 Å². The van der Waals surface area contributed by atoms with Gasteiger partial charge in [0.1, 0.15) is 0 Å². The Kier molecular flexibility index (Phi) is 4.20. The van der Waals surface area contributed by atoms with Crippen LogP contribution in [0.15, 0.2) is 0 Å². The predicted octanol–water partition coefficient (Wildman–Crippen LogP) is 0.993. The van der Waals surface area contributed by atoms with Crippen molar-refractivity contribution in [1.29, 1.82) is 5.26 Å². The quantitative estimate of drug-likeness (QED) is 0.708. The molecule has 13 heavy (non-hydrogen) atoms. The van der Waals surface area contributed by atoms with E-state index >= 15 is 0 Å². The molecule has 0 aromatic rings. The topological polar surface area (TPSA) is 47.3 Å². The van der Waals surface area contributed by atoms with Gasteiger partial charge in [-0.25, -0.2) is 0 Å². The summed E-state index contributed by atoms with van der Waals surface area (Å²) < 4.78 is 0. The molecule has 0 aromatic carbocycles. The van der Waals surface area contributed by atoms with E-state index < -0.39 is 0 Å². The SMILES string of the molecule is CC(CO)N1CCC(CC#N)CC1. The molecule has 74 valence electrons. The molecule has 1 heterocycles. The summed E-state index contributed by atoms with van der Waals surface area (Å²) in [5.74, 6) is 0.590. The zero-order valence-electron chi connectivity index (χ0n) is 8.24. The lowest BCUT2D eigenvalue weighted by molar-refractivity contribution is 0.0972. The number of aliphatic hydroxyl groups excluding tert-OH is 1. The molecule has 1 fully saturated rings. The molecule has 0 amide bonds. The van der Waals surface area contributed by atoms with Crippen molar-refractivity contribution in [1.82, 2.24) is 4.90 Å². The van der Waals surface area contributed by atoms with E-state index in [4.69, 9.17) is 10.4 Å². The van der Waals surface area contributed by atoms with Gasteiger partial charge in [-0.05, 0) is 38.8 Å². The van der Waals surface area contributed by atoms with Gasteiger partial charge in [-0.2, -0.15) is 5.26 Å². The summed E-state index contributed by atoms with van der Waals surface area (Å²) >= 11 is 0. The van der Waals surface area contributed by atoms with Crippen LogP contribution in [0.3, 0.4) is 0 Å². The number of likely N-dealkylation sites (tertiary alicyclic amines) is 1. The summed E-state index contributed by atoms with van der Waals surface area (Å²) in [6.45, 7) is 4.36. The molecule has 1 N–H and O–H groups in total. The molecule has 0 aromatic heterocycles. The van der Waals surface area contributed by atoms with E-state index in [-0.39, 0.29) is 12.6 Å². The second kappa shape index (κ2) is 5.21. The van der Waals surface area contributed by atoms with Crippen molar-refractivity contribution in [3.8, 4) is 6.07 Å². The van der Waals surface area contributed by atoms with Crippen molar-refractivity contribution < 1.29 is 5.11 Å². The average Bonchev–Trinajstić information content (AvgIpc) is 2.18. The fourth-order valence-corrected chi connectivity index (χ4v) is 1.84. The molecule has 0 aliphatic carbocycles. The Labute approximate surface area is 80.0 Å². The highest BCUT2D eigenvalue weighted by Crippen LogP contribution is 2.20. The van der Waals surface area contributed by atoms with Crippen LogP contribution in [0.4, 0.5) is 0 Å². The molecule has 1 atom stereocenters. The van der Waals surface area contributed by atoms with E-state index in [9.17, 15) is 0 Å². The summed E-state index contributed by atoms with van der Waals surface area (Å²) in [7, 11) is 0. The molecule has 1 saturated heterocycles. The van der Waals surface area contributed by atoms with Crippen LogP contribution in [0.1, 0.15) is 26.2 Å². The van der Waals surface area contributed by atoms with Crippen LogP contribution in [0, 0.1) is 17.2 Å². The third-order valence-corrected chi connectivity index (χ3v) is 2.92. The molecule has 1 rings (SSSR count). The smallest absolute Gasteiger partial charge is 0.0624 e. The van der Waals surface area contributed by atoms with Gasteiger partial charge >= 0.3 is 0 Å². The van der Waals surface area contributed by atoms with E-state index in [2.05, 4.69) is 11.0 Å². The number of nitriles is 1. The van der Waals surface area contributed by atoms with E-state index in [1.807, 2.05) is 6.92 Å². The molecule has 3 heteroatoms. The summed E-state index contributed by atoms with van der Waals surface area (Å²) in [6.07, 6.45) is 2.91. The Morgan fingerprint density at radius 2 is 2.15 bits per heavy atom. The van der Waals surface area contributed by atoms with Gasteiger partial charge in [-0.1, -0.05) is 0 Å². The number of nitrogens with zero attached hydrogens (tertiary/aromatic N) is 2. The number of piperidine rings is 1. The molecule has 0 spiro atoms. The van der Waals surface area contributed by atoms with Gasteiger partial charge in [0.25, 0.3) is 0 Å². The zero-order chi connectivity index (χ0) is 9.68. The van der Waals surface area contributed by atoms with Crippen molar-refractivity contribution in [2.24, 2.45) is 5.92 Å². The highest BCUT2D eigenvalue weighted by atomic mass is 16.3. The lowest BCUT2D eigenvalue weighted by Gasteiger charge is -2.34. The van der Waals surface area contributed by atoms with E-state index in [1.165, 1.54) is 0 Å². The Balaban J connectivity index is 2.27. The van der Waals surface area contributed by atoms with Gasteiger partial charge in [0, 0.05) is 12.5 Å². The molecule has 1 aliphatic heterocycles. The molecule has 1 aliphatic rings. The lowest BCUT2D eigenvalue weighted by Crippen LogP contribution is -2.41. The molecular weight excluding hydrogens is 164 g/mol. The second-order valence-electron chi connectivity index (χ2n) is 3.87. The van der Waals surface area contributed by atoms with E-state index in [0.717, 1.165) is 25.9 Å². The molecule has 0 bridgehead atoms. The Hall–Kier alpha value is -0.590. The maximum Gasteiger partial charge on any atom is 0.0624 e. The lowest BCUT2D eigenvalue weighted by atomic mass is 9.93. The Morgan fingerprint density at radius 1 is 1.54 bits per heavy atom. The molecule has 1 unspecified atom stereocenters. The summed E-state index contributed by atoms with van der Waals surface area (Å²) in [6, 6.07) is 2.51. The van der Waals surface area contributed by atoms with Gasteiger partial charge in [-0.3, -0.25) is 4.90 Å². The van der Waals surface area contributed by atoms with Crippen LogP contribution in [0.2, 0.25) is 0 Å². The first kappa shape index (κ1) is 10.5. The van der Waals surface area contributed by atoms with Crippen LogP contribution < -0.4 is 0 Å². The fourth-order valence-electron chi connectivity index (χ4n) is 1.84. The minimum atomic E-state index is 0.239. The monoisotopic (exact) mass is 182 g/mol. The maximum atomic E-state index is 8.96. The normalized spacial score (nSPS) is 22.5. The summed E-state index contributed by atoms with van der Waals surface area (Å²) in [5.41, 5.74) is 0. The third kappa shape index (κ3) is 2.98. The van der Waals surface area contributed by atoms with Crippen molar-refractivity contribution in [2.75, 3.05) is 19.7 Å². The zero-order valence-corrected chi connectivity index (χ0v) is 8.24. The average molecular weight is 182 g/mol. The Bertz CT molecular complexity index is 180. The van der Waals surface area contributed by atoms with E-state index in [1.54, 1.807) is 0 Å². The highest BCUT2D eigenvalue weighted by Gasteiger charge is 2.21. The van der Waals surface area contributed by atoms with Crippen molar-refractivity contribution in [2.45, 2.75) is 32.2 Å². The number of aliphatic hydroxyl groups is 1. The summed E-state index contributed by atoms with van der Waals surface area (Å²) in [5, 5.41) is 17.5. The highest BCUT2D eigenvalue weighted by molar-refractivity contribution is 4.82. The minimum Gasteiger partial charge on any atom is -0.395 e. The first-order valence-corrected chi connectivity index (χ1v) is 4.99. The standard InChI is InChI=1S/C10H18N2O/c1-9(8-13)12-6-3-10(2-5-11)4-7-12/h9-10,13H,2-4,6-8H2,1H3. The molecule has 0 saturated carbocycles. The predicted molar refractivity (Wildman–Crippen MR) is 51.1 cm³/mol. The van der Waals surface area contributed by atoms with Crippen LogP contribution in [0.25, 0.3) is 0 Å². The number of hydrogen-bond acceptors (Lipinski definition) is 3. The van der Waals surface area contributed by atoms with Gasteiger partial charge in [-0.15, -0.1) is 0 Å². The second-order valence-corrected chi connectivity index (χ2v) is 3.87. The van der Waals surface area contributed by atoms with Crippen LogP contribution in [0.5, 0.6) is 0 Å². The van der Waals surface area contributed by atoms with Crippen LogP contribution in [-0.2, 0) is 0 Å². The van der Waals surface area contributed by atoms with Gasteiger partial charge in [0.2, 0.25) is 0 Å². The first-order valence-electron chi connectivity index (χ1n) is 4.99. The van der Waals surface area contributed by atoms with Crippen molar-refractivity contribution >= 4 is 0 Å². The van der Waals surface area contributed by atoms with Crippen LogP contribution >= 0.6 is 0 Å². The van der Waals surface area contributed by atoms with Crippen molar-refractivity contribution in [3.63, 3.8) is 0 Å². The fraction of sp³-hybridized carbons (Fsp3) is 0.900. The maximum absolute atomic E-state index is 8.96. The number of hydrogen-bond donors (Lipinski definition) is 1. The number of rotatable bonds is 3. The minimum absolute atomic E-state index is 0.239.